The van der Waals surface area contributed by atoms with Gasteiger partial charge in [-0.3, -0.25) is 9.59 Å². The van der Waals surface area contributed by atoms with Crippen LogP contribution in [-0.4, -0.2) is 23.7 Å². The van der Waals surface area contributed by atoms with Gasteiger partial charge in [0, 0.05) is 18.7 Å². The summed E-state index contributed by atoms with van der Waals surface area (Å²) >= 11 is 5.61. The fourth-order valence-corrected chi connectivity index (χ4v) is 1.79. The Kier molecular flexibility index (Phi) is 6.21. The second kappa shape index (κ2) is 7.46. The van der Waals surface area contributed by atoms with Crippen LogP contribution < -0.4 is 10.6 Å². The lowest BCUT2D eigenvalue weighted by molar-refractivity contribution is -0.120. The molecule has 0 spiro atoms. The summed E-state index contributed by atoms with van der Waals surface area (Å²) in [7, 11) is 0. The van der Waals surface area contributed by atoms with E-state index in [0.29, 0.717) is 0 Å². The van der Waals surface area contributed by atoms with Crippen LogP contribution in [0.1, 0.15) is 39.7 Å². The Morgan fingerprint density at radius 3 is 2.24 bits per heavy atom. The van der Waals surface area contributed by atoms with Crippen molar-refractivity contribution in [2.75, 3.05) is 11.9 Å². The predicted octanol–water partition coefficient (Wildman–Crippen LogP) is 3.06. The first-order chi connectivity index (χ1) is 9.70. The number of carbonyl (C=O) groups excluding carboxylic acids is 2. The van der Waals surface area contributed by atoms with Crippen LogP contribution >= 0.6 is 11.6 Å². The van der Waals surface area contributed by atoms with Gasteiger partial charge in [0.05, 0.1) is 0 Å². The average molecular weight is 311 g/mol. The molecule has 1 rings (SSSR count). The molecule has 21 heavy (non-hydrogen) atoms. The van der Waals surface area contributed by atoms with Gasteiger partial charge in [0.2, 0.25) is 11.8 Å². The summed E-state index contributed by atoms with van der Waals surface area (Å²) < 4.78 is 0. The molecule has 0 heterocycles. The van der Waals surface area contributed by atoms with Crippen LogP contribution in [-0.2, 0) is 15.0 Å². The monoisotopic (exact) mass is 310 g/mol. The summed E-state index contributed by atoms with van der Waals surface area (Å²) in [5.41, 5.74) is 2.05. The highest BCUT2D eigenvalue weighted by atomic mass is 35.5. The molecule has 0 saturated carbocycles. The highest BCUT2D eigenvalue weighted by molar-refractivity contribution is 6.30. The highest BCUT2D eigenvalue weighted by Crippen LogP contribution is 2.23. The standard InChI is InChI=1S/C16H23ClN2O2/c1-11(17)15(21)18-10-9-14(20)19-13-7-5-12(6-8-13)16(2,3)4/h5-8,11H,9-10H2,1-4H3,(H,18,21)(H,19,20)/t11-/m1/s1. The number of halogens is 1. The summed E-state index contributed by atoms with van der Waals surface area (Å²) in [4.78, 5) is 23.0. The van der Waals surface area contributed by atoms with Gasteiger partial charge < -0.3 is 10.6 Å². The Labute approximate surface area is 131 Å². The van der Waals surface area contributed by atoms with Crippen molar-refractivity contribution in [3.8, 4) is 0 Å². The fraction of sp³-hybridized carbons (Fsp3) is 0.500. The number of benzene rings is 1. The van der Waals surface area contributed by atoms with Gasteiger partial charge in [0.1, 0.15) is 5.38 Å². The van der Waals surface area contributed by atoms with Gasteiger partial charge in [-0.1, -0.05) is 32.9 Å². The number of carbonyl (C=O) groups is 2. The van der Waals surface area contributed by atoms with Gasteiger partial charge in [-0.05, 0) is 30.0 Å². The maximum atomic E-state index is 11.8. The molecule has 5 heteroatoms. The van der Waals surface area contributed by atoms with Crippen LogP contribution in [0.15, 0.2) is 24.3 Å². The molecule has 2 N–H and O–H groups in total. The Balaban J connectivity index is 2.43. The van der Waals surface area contributed by atoms with E-state index in [9.17, 15) is 9.59 Å². The lowest BCUT2D eigenvalue weighted by Gasteiger charge is -2.19. The summed E-state index contributed by atoms with van der Waals surface area (Å²) in [6, 6.07) is 7.79. The van der Waals surface area contributed by atoms with Gasteiger partial charge in [0.15, 0.2) is 0 Å². The maximum Gasteiger partial charge on any atom is 0.237 e. The quantitative estimate of drug-likeness (QED) is 0.821. The van der Waals surface area contributed by atoms with Crippen molar-refractivity contribution in [3.63, 3.8) is 0 Å². The largest absolute Gasteiger partial charge is 0.354 e. The second-order valence-corrected chi connectivity index (χ2v) is 6.69. The van der Waals surface area contributed by atoms with E-state index in [1.54, 1.807) is 6.92 Å². The number of rotatable bonds is 5. The van der Waals surface area contributed by atoms with E-state index in [2.05, 4.69) is 31.4 Å². The molecule has 0 bridgehead atoms. The summed E-state index contributed by atoms with van der Waals surface area (Å²) in [6.07, 6.45) is 0.219. The predicted molar refractivity (Wildman–Crippen MR) is 86.7 cm³/mol. The average Bonchev–Trinajstić information content (AvgIpc) is 2.38. The number of anilines is 1. The van der Waals surface area contributed by atoms with E-state index in [0.717, 1.165) is 5.69 Å². The molecular formula is C16H23ClN2O2. The first kappa shape index (κ1) is 17.5. The lowest BCUT2D eigenvalue weighted by atomic mass is 9.87. The van der Waals surface area contributed by atoms with Crippen molar-refractivity contribution < 1.29 is 9.59 Å². The van der Waals surface area contributed by atoms with Crippen LogP contribution in [0.25, 0.3) is 0 Å². The molecular weight excluding hydrogens is 288 g/mol. The molecule has 4 nitrogen and oxygen atoms in total. The zero-order chi connectivity index (χ0) is 16.0. The van der Waals surface area contributed by atoms with E-state index >= 15 is 0 Å². The van der Waals surface area contributed by atoms with Crippen LogP contribution in [0.4, 0.5) is 5.69 Å². The highest BCUT2D eigenvalue weighted by Gasteiger charge is 2.13. The molecule has 1 aromatic rings. The van der Waals surface area contributed by atoms with Gasteiger partial charge in [0.25, 0.3) is 0 Å². The van der Waals surface area contributed by atoms with Crippen molar-refractivity contribution in [1.82, 2.24) is 5.32 Å². The van der Waals surface area contributed by atoms with Crippen LogP contribution in [0.2, 0.25) is 0 Å². The Morgan fingerprint density at radius 2 is 1.76 bits per heavy atom. The maximum absolute atomic E-state index is 11.8. The minimum atomic E-state index is -0.585. The molecule has 0 radical (unpaired) electrons. The van der Waals surface area contributed by atoms with Crippen molar-refractivity contribution in [1.29, 1.82) is 0 Å². The summed E-state index contributed by atoms with van der Waals surface area (Å²) in [6.45, 7) is 8.29. The van der Waals surface area contributed by atoms with Crippen molar-refractivity contribution in [2.24, 2.45) is 0 Å². The van der Waals surface area contributed by atoms with Gasteiger partial charge in [-0.2, -0.15) is 0 Å². The third-order valence-corrected chi connectivity index (χ3v) is 3.25. The molecule has 0 fully saturated rings. The van der Waals surface area contributed by atoms with E-state index < -0.39 is 5.38 Å². The third kappa shape index (κ3) is 6.17. The second-order valence-electron chi connectivity index (χ2n) is 6.03. The Bertz CT molecular complexity index is 490. The molecule has 0 unspecified atom stereocenters. The molecule has 1 atom stereocenters. The zero-order valence-corrected chi connectivity index (χ0v) is 13.8. The van der Waals surface area contributed by atoms with E-state index in [4.69, 9.17) is 11.6 Å². The van der Waals surface area contributed by atoms with Crippen LogP contribution in [0.5, 0.6) is 0 Å². The Hall–Kier alpha value is -1.55. The number of nitrogens with one attached hydrogen (secondary N) is 2. The first-order valence-electron chi connectivity index (χ1n) is 7.02. The van der Waals surface area contributed by atoms with Gasteiger partial charge >= 0.3 is 0 Å². The molecule has 0 aromatic heterocycles. The SMILES string of the molecule is C[C@@H](Cl)C(=O)NCCC(=O)Nc1ccc(C(C)(C)C)cc1. The molecule has 1 aromatic carbocycles. The molecule has 0 aliphatic heterocycles. The summed E-state index contributed by atoms with van der Waals surface area (Å²) in [5.74, 6) is -0.403. The minimum Gasteiger partial charge on any atom is -0.354 e. The normalized spacial score (nSPS) is 12.6. The molecule has 116 valence electrons. The van der Waals surface area contributed by atoms with E-state index in [1.807, 2.05) is 24.3 Å². The fourth-order valence-electron chi connectivity index (χ4n) is 1.72. The number of alkyl halides is 1. The Morgan fingerprint density at radius 1 is 1.19 bits per heavy atom. The molecule has 2 amide bonds. The van der Waals surface area contributed by atoms with Crippen molar-refractivity contribution in [2.45, 2.75) is 44.9 Å². The zero-order valence-electron chi connectivity index (χ0n) is 13.0. The van der Waals surface area contributed by atoms with Crippen molar-refractivity contribution in [3.05, 3.63) is 29.8 Å². The smallest absolute Gasteiger partial charge is 0.237 e. The molecule has 0 saturated heterocycles. The van der Waals surface area contributed by atoms with Gasteiger partial charge in [-0.25, -0.2) is 0 Å². The topological polar surface area (TPSA) is 58.2 Å². The molecule has 0 aliphatic rings. The van der Waals surface area contributed by atoms with Crippen LogP contribution in [0, 0.1) is 0 Å². The first-order valence-corrected chi connectivity index (χ1v) is 7.46. The van der Waals surface area contributed by atoms with E-state index in [-0.39, 0.29) is 30.2 Å². The van der Waals surface area contributed by atoms with Crippen molar-refractivity contribution >= 4 is 29.1 Å². The number of amides is 2. The molecule has 0 aliphatic carbocycles. The summed E-state index contributed by atoms with van der Waals surface area (Å²) in [5, 5.41) is 4.81. The minimum absolute atomic E-state index is 0.0884. The number of hydrogen-bond acceptors (Lipinski definition) is 2. The van der Waals surface area contributed by atoms with Gasteiger partial charge in [-0.15, -0.1) is 11.6 Å². The van der Waals surface area contributed by atoms with Crippen LogP contribution in [0.3, 0.4) is 0 Å². The number of hydrogen-bond donors (Lipinski definition) is 2. The third-order valence-electron chi connectivity index (χ3n) is 3.05. The van der Waals surface area contributed by atoms with E-state index in [1.165, 1.54) is 5.56 Å². The lowest BCUT2D eigenvalue weighted by Crippen LogP contribution is -2.32.